The Hall–Kier alpha value is -14.0. The number of fused-ring (bicyclic) bond motifs is 4. The molecule has 12 aromatic rings. The number of hydrogen-bond acceptors (Lipinski definition) is 31. The second kappa shape index (κ2) is 43.6. The van der Waals surface area contributed by atoms with Gasteiger partial charge in [-0.05, 0) is 244 Å². The molecular weight excluding hydrogens is 1850 g/mol. The summed E-state index contributed by atoms with van der Waals surface area (Å²) in [6, 6.07) is 50.2. The fraction of sp³-hybridized carbons (Fsp3) is 0.361. The number of nitriles is 4. The van der Waals surface area contributed by atoms with Gasteiger partial charge in [0.2, 0.25) is 75.2 Å². The van der Waals surface area contributed by atoms with Gasteiger partial charge in [-0.2, -0.15) is 41.0 Å². The molecule has 1 fully saturated rings. The summed E-state index contributed by atoms with van der Waals surface area (Å²) in [7, 11) is -11.2. The lowest BCUT2D eigenvalue weighted by Crippen LogP contribution is -2.46. The lowest BCUT2D eigenvalue weighted by Gasteiger charge is -2.30. The lowest BCUT2D eigenvalue weighted by molar-refractivity contribution is -0.131. The topological polar surface area (TPSA) is 534 Å². The molecular formula is C97H103N19O18S4. The number of aromatic nitrogens is 8. The number of ether oxygens (including phenoxy) is 4. The molecule has 37 nitrogen and oxygen atoms in total. The van der Waals surface area contributed by atoms with Gasteiger partial charge in [0.05, 0.1) is 58.2 Å². The molecule has 4 atom stereocenters. The summed E-state index contributed by atoms with van der Waals surface area (Å²) in [5.74, 6) is 2.64. The molecule has 718 valence electrons. The molecule has 0 radical (unpaired) electrons. The van der Waals surface area contributed by atoms with Crippen LogP contribution in [0.5, 0.6) is 23.0 Å². The Balaban J connectivity index is 0.000000147. The fourth-order valence-electron chi connectivity index (χ4n) is 16.6. The van der Waals surface area contributed by atoms with Crippen molar-refractivity contribution in [2.24, 2.45) is 0 Å². The minimum absolute atomic E-state index is 0.0227. The van der Waals surface area contributed by atoms with Crippen molar-refractivity contribution in [2.75, 3.05) is 56.7 Å². The first-order chi connectivity index (χ1) is 66.1. The minimum atomic E-state index is -3.79. The van der Waals surface area contributed by atoms with Crippen molar-refractivity contribution in [2.45, 2.75) is 169 Å². The number of carbonyl (C=O) groups excluding carboxylic acids is 2. The number of benzene rings is 8. The van der Waals surface area contributed by atoms with Gasteiger partial charge in [0, 0.05) is 95.4 Å². The number of carbonyl (C=O) groups is 2. The average Bonchev–Trinajstić information content (AvgIpc) is 1.65. The van der Waals surface area contributed by atoms with Crippen LogP contribution in [0.15, 0.2) is 164 Å². The molecule has 0 saturated carbocycles. The maximum atomic E-state index is 12.7. The summed E-state index contributed by atoms with van der Waals surface area (Å²) in [4.78, 5) is 43.4. The van der Waals surface area contributed by atoms with Crippen molar-refractivity contribution in [1.29, 1.82) is 21.0 Å². The summed E-state index contributed by atoms with van der Waals surface area (Å²) in [6.07, 6.45) is 5.79. The Kier molecular flexibility index (Phi) is 31.6. The number of sulfonamides is 4. The monoisotopic (exact) mass is 1950 g/mol. The van der Waals surface area contributed by atoms with Crippen LogP contribution in [0.1, 0.15) is 185 Å². The Morgan fingerprint density at radius 2 is 0.688 bits per heavy atom. The molecule has 0 bridgehead atoms. The Morgan fingerprint density at radius 1 is 0.406 bits per heavy atom. The van der Waals surface area contributed by atoms with Crippen LogP contribution in [0, 0.1) is 45.3 Å². The van der Waals surface area contributed by atoms with Crippen LogP contribution in [-0.2, 0) is 75.4 Å². The highest BCUT2D eigenvalue weighted by molar-refractivity contribution is 7.90. The molecule has 5 aliphatic rings. The summed E-state index contributed by atoms with van der Waals surface area (Å²) < 4.78 is 154. The summed E-state index contributed by atoms with van der Waals surface area (Å²) in [6.45, 7) is 18.4. The lowest BCUT2D eigenvalue weighted by atomic mass is 10.0. The number of nitrogens with zero attached hydrogens (tertiary/aromatic N) is 13. The molecule has 0 spiro atoms. The standard InChI is InChI=1S/C26H27N5O5S.C24H25N5O5S.C24H27N5O4S.C23H24N4O4S/c1-16(2)35-23-10-7-17(13-18(23)14-27)26-28-25(29-36-26)21-6-3-5-20-19(21)8-9-22(20)30-37(33,34)15-24(32)31-11-4-12-31;1-14(2)33-21-10-7-15(11-16(21)12-25)24-27-23(28-34-24)19-6-4-5-18-17(19)8-9-20(18)29-35(31,32)13-22(30)26-3;1-15(2)32-22-10-7-16(13-17(22)14-25)24-27-23(28-33-24)20-6-4-5-19-18(20)8-9-21(19)29-34(30,31)12-11-26-3;1-4-32(28,29)27-20-10-9-17-18(20)6-5-7-19(17)22-25-23(31-26-22)15-8-11-21(30-14(2)3)16(12-15)13-24/h3,5-7,10,13,16,22,30H,4,8-9,11-12,15H2,1-2H3;4-7,10-11,14,20,29H,8-9,13H2,1-3H3,(H,26,30);4-7,10,13,15,21,26,29H,8-9,11-12H2,1-3H3;5-8,11-12,14,20,27H,4,9-10H2,1-3H3/t22-;20-;21-;20-/m0100/s1. The number of likely N-dealkylation sites (tertiary alicyclic amines) is 1. The van der Waals surface area contributed by atoms with Crippen molar-refractivity contribution >= 4 is 51.9 Å². The van der Waals surface area contributed by atoms with Crippen molar-refractivity contribution in [3.05, 3.63) is 212 Å². The van der Waals surface area contributed by atoms with Crippen molar-refractivity contribution in [1.82, 2.24) is 75.0 Å². The first kappa shape index (κ1) is 100.0. The third kappa shape index (κ3) is 24.2. The van der Waals surface area contributed by atoms with Gasteiger partial charge < -0.3 is 52.6 Å². The third-order valence-corrected chi connectivity index (χ3v) is 28.3. The van der Waals surface area contributed by atoms with Gasteiger partial charge in [-0.3, -0.25) is 9.59 Å². The highest BCUT2D eigenvalue weighted by atomic mass is 32.2. The molecule has 1 saturated heterocycles. The van der Waals surface area contributed by atoms with Crippen LogP contribution in [0.4, 0.5) is 0 Å². The van der Waals surface area contributed by atoms with Crippen LogP contribution in [0.25, 0.3) is 91.4 Å². The number of amides is 2. The highest BCUT2D eigenvalue weighted by Gasteiger charge is 2.37. The Bertz CT molecular complexity index is 7210. The summed E-state index contributed by atoms with van der Waals surface area (Å²) in [5.41, 5.74) is 14.5. The molecule has 5 heterocycles. The normalized spacial score (nSPS) is 15.7. The van der Waals surface area contributed by atoms with Gasteiger partial charge in [-0.15, -0.1) is 0 Å². The van der Waals surface area contributed by atoms with E-state index in [0.29, 0.717) is 174 Å². The zero-order valence-corrected chi connectivity index (χ0v) is 80.9. The van der Waals surface area contributed by atoms with E-state index < -0.39 is 69.6 Å². The van der Waals surface area contributed by atoms with E-state index in [-0.39, 0.29) is 65.7 Å². The van der Waals surface area contributed by atoms with E-state index >= 15 is 0 Å². The summed E-state index contributed by atoms with van der Waals surface area (Å²) in [5, 5.41) is 59.7. The van der Waals surface area contributed by atoms with Crippen molar-refractivity contribution in [3.63, 3.8) is 0 Å². The van der Waals surface area contributed by atoms with Gasteiger partial charge in [-0.25, -0.2) is 52.6 Å². The first-order valence-corrected chi connectivity index (χ1v) is 51.5. The van der Waals surface area contributed by atoms with Gasteiger partial charge >= 0.3 is 0 Å². The molecule has 138 heavy (non-hydrogen) atoms. The van der Waals surface area contributed by atoms with Crippen LogP contribution < -0.4 is 48.5 Å². The predicted octanol–water partition coefficient (Wildman–Crippen LogP) is 13.1. The van der Waals surface area contributed by atoms with E-state index in [1.54, 1.807) is 97.7 Å². The number of rotatable bonds is 32. The molecule has 4 aromatic heterocycles. The fourth-order valence-corrected chi connectivity index (χ4v) is 21.2. The quantitative estimate of drug-likeness (QED) is 0.0228. The second-order valence-electron chi connectivity index (χ2n) is 34.2. The summed E-state index contributed by atoms with van der Waals surface area (Å²) >= 11 is 0. The molecule has 0 unspecified atom stereocenters. The molecule has 17 rings (SSSR count). The molecule has 8 aromatic carbocycles. The predicted molar refractivity (Wildman–Crippen MR) is 509 cm³/mol. The van der Waals surface area contributed by atoms with E-state index in [0.717, 1.165) is 73.2 Å². The molecule has 2 amide bonds. The first-order valence-electron chi connectivity index (χ1n) is 44.9. The maximum Gasteiger partial charge on any atom is 0.258 e. The van der Waals surface area contributed by atoms with Gasteiger partial charge in [0.1, 0.15) is 58.8 Å². The van der Waals surface area contributed by atoms with Crippen LogP contribution in [0.2, 0.25) is 0 Å². The van der Waals surface area contributed by atoms with E-state index in [1.807, 2.05) is 122 Å². The second-order valence-corrected chi connectivity index (χ2v) is 41.7. The highest BCUT2D eigenvalue weighted by Crippen LogP contribution is 2.44. The van der Waals surface area contributed by atoms with Gasteiger partial charge in [0.15, 0.2) is 0 Å². The van der Waals surface area contributed by atoms with Crippen LogP contribution in [0.3, 0.4) is 0 Å². The molecule has 1 aliphatic heterocycles. The molecule has 4 aliphatic carbocycles. The minimum Gasteiger partial charge on any atom is -0.490 e. The van der Waals surface area contributed by atoms with Crippen LogP contribution in [-0.4, -0.2) is 172 Å². The van der Waals surface area contributed by atoms with E-state index in [4.69, 9.17) is 37.0 Å². The zero-order valence-electron chi connectivity index (χ0n) is 77.6. The molecule has 41 heteroatoms. The molecule has 6 N–H and O–H groups in total. The van der Waals surface area contributed by atoms with Crippen LogP contribution >= 0.6 is 0 Å². The van der Waals surface area contributed by atoms with E-state index in [9.17, 15) is 64.3 Å². The maximum absolute atomic E-state index is 12.7. The zero-order chi connectivity index (χ0) is 98.5. The third-order valence-electron chi connectivity index (χ3n) is 23.0. The van der Waals surface area contributed by atoms with Gasteiger partial charge in [0.25, 0.3) is 23.6 Å². The number of nitrogens with one attached hydrogen (secondary N) is 6. The van der Waals surface area contributed by atoms with Gasteiger partial charge in [-0.1, -0.05) is 93.4 Å². The smallest absolute Gasteiger partial charge is 0.258 e. The average molecular weight is 1950 g/mol. The largest absolute Gasteiger partial charge is 0.490 e. The SMILES string of the molecule is CC(C)Oc1ccc(-c2nc(-c3cccc4c3CC[C@@H]4NS(=O)(=O)CC(=O)N3CCC3)no2)cc1C#N.CCS(=O)(=O)N[C@H]1CCc2c(-c3noc(-c4ccc(OC(C)C)c(C#N)c4)n3)cccc21.CNC(=O)CS(=O)(=O)N[C@@H]1CCc2c(-c3noc(-c4ccc(OC(C)C)c(C#N)c4)n3)cccc21.CNCCS(=O)(=O)N[C@H]1CCc2c(-c3noc(-c4ccc(OC(C)C)c(C#N)c4)n3)cccc21. The number of hydrogen-bond donors (Lipinski definition) is 6. The van der Waals surface area contributed by atoms with E-state index in [1.165, 1.54) is 7.05 Å². The van der Waals surface area contributed by atoms with Crippen molar-refractivity contribution < 1.29 is 80.3 Å². The van der Waals surface area contributed by atoms with Crippen molar-refractivity contribution in [3.8, 4) is 139 Å². The van der Waals surface area contributed by atoms with E-state index in [2.05, 4.69) is 94.4 Å². The Morgan fingerprint density at radius 3 is 0.942 bits per heavy atom. The Labute approximate surface area is 799 Å².